The summed E-state index contributed by atoms with van der Waals surface area (Å²) in [6, 6.07) is 10.4. The Morgan fingerprint density at radius 2 is 1.74 bits per heavy atom. The number of hydrogen-bond donors (Lipinski definition) is 1. The van der Waals surface area contributed by atoms with Gasteiger partial charge in [0.2, 0.25) is 0 Å². The minimum absolute atomic E-state index is 0.0221. The van der Waals surface area contributed by atoms with E-state index >= 15 is 0 Å². The van der Waals surface area contributed by atoms with Gasteiger partial charge in [-0.1, -0.05) is 23.7 Å². The van der Waals surface area contributed by atoms with Crippen LogP contribution in [0.15, 0.2) is 42.5 Å². The lowest BCUT2D eigenvalue weighted by molar-refractivity contribution is -0.384. The largest absolute Gasteiger partial charge is 0.339 e. The monoisotopic (exact) mass is 387 g/mol. The summed E-state index contributed by atoms with van der Waals surface area (Å²) in [5.74, 6) is -0.752. The van der Waals surface area contributed by atoms with Gasteiger partial charge in [0.25, 0.3) is 17.5 Å². The summed E-state index contributed by atoms with van der Waals surface area (Å²) in [5.41, 5.74) is 0.475. The number of nitro groups is 1. The molecule has 0 unspecified atom stereocenters. The molecule has 1 saturated heterocycles. The molecule has 0 radical (unpaired) electrons. The number of piperidine rings is 1. The first-order valence-electron chi connectivity index (χ1n) is 8.61. The summed E-state index contributed by atoms with van der Waals surface area (Å²) >= 11 is 6.03. The smallest absolute Gasteiger partial charge is 0.270 e. The summed E-state index contributed by atoms with van der Waals surface area (Å²) < 4.78 is 0. The Kier molecular flexibility index (Phi) is 5.71. The van der Waals surface area contributed by atoms with E-state index in [0.717, 1.165) is 25.3 Å². The Morgan fingerprint density at radius 3 is 2.44 bits per heavy atom. The van der Waals surface area contributed by atoms with Crippen molar-refractivity contribution in [2.75, 3.05) is 18.4 Å². The van der Waals surface area contributed by atoms with Gasteiger partial charge in [0.05, 0.1) is 26.8 Å². The third-order valence-electron chi connectivity index (χ3n) is 4.45. The second-order valence-corrected chi connectivity index (χ2v) is 6.68. The van der Waals surface area contributed by atoms with Crippen LogP contribution in [-0.2, 0) is 0 Å². The van der Waals surface area contributed by atoms with Crippen LogP contribution in [0.2, 0.25) is 5.02 Å². The topological polar surface area (TPSA) is 92.6 Å². The number of benzene rings is 2. The van der Waals surface area contributed by atoms with Crippen molar-refractivity contribution in [2.45, 2.75) is 19.3 Å². The third-order valence-corrected chi connectivity index (χ3v) is 4.78. The van der Waals surface area contributed by atoms with Gasteiger partial charge in [-0.25, -0.2) is 0 Å². The lowest BCUT2D eigenvalue weighted by atomic mass is 10.1. The molecule has 2 aromatic rings. The van der Waals surface area contributed by atoms with E-state index in [-0.39, 0.29) is 22.2 Å². The van der Waals surface area contributed by atoms with E-state index in [4.69, 9.17) is 11.6 Å². The maximum atomic E-state index is 12.8. The van der Waals surface area contributed by atoms with Crippen LogP contribution in [0.4, 0.5) is 11.4 Å². The molecule has 8 heteroatoms. The van der Waals surface area contributed by atoms with Crippen LogP contribution in [0.1, 0.15) is 40.0 Å². The van der Waals surface area contributed by atoms with Crippen LogP contribution in [0.3, 0.4) is 0 Å². The van der Waals surface area contributed by atoms with Gasteiger partial charge in [-0.2, -0.15) is 0 Å². The Bertz CT molecular complexity index is 894. The van der Waals surface area contributed by atoms with Crippen LogP contribution < -0.4 is 5.32 Å². The Morgan fingerprint density at radius 1 is 1.04 bits per heavy atom. The maximum Gasteiger partial charge on any atom is 0.270 e. The molecule has 1 N–H and O–H groups in total. The van der Waals surface area contributed by atoms with Crippen molar-refractivity contribution in [3.8, 4) is 0 Å². The molecule has 7 nitrogen and oxygen atoms in total. The van der Waals surface area contributed by atoms with E-state index < -0.39 is 10.8 Å². The summed E-state index contributed by atoms with van der Waals surface area (Å²) in [6.45, 7) is 1.38. The van der Waals surface area contributed by atoms with Gasteiger partial charge < -0.3 is 10.2 Å². The lowest BCUT2D eigenvalue weighted by Crippen LogP contribution is -2.36. The quantitative estimate of drug-likeness (QED) is 0.630. The molecule has 1 fully saturated rings. The first-order chi connectivity index (χ1) is 13.0. The number of hydrogen-bond acceptors (Lipinski definition) is 4. The fraction of sp³-hybridized carbons (Fsp3) is 0.263. The highest BCUT2D eigenvalue weighted by molar-refractivity contribution is 6.34. The van der Waals surface area contributed by atoms with Crippen molar-refractivity contribution in [2.24, 2.45) is 0 Å². The van der Waals surface area contributed by atoms with E-state index in [1.807, 2.05) is 0 Å². The SMILES string of the molecule is O=C(Nc1ccccc1C(=O)N1CCCCC1)c1cc([N+](=O)[O-])ccc1Cl. The van der Waals surface area contributed by atoms with Crippen LogP contribution in [0.5, 0.6) is 0 Å². The molecule has 0 spiro atoms. The normalized spacial score (nSPS) is 13.9. The number of halogens is 1. The third kappa shape index (κ3) is 4.25. The summed E-state index contributed by atoms with van der Waals surface area (Å²) in [7, 11) is 0. The first kappa shape index (κ1) is 18.8. The van der Waals surface area contributed by atoms with E-state index in [0.29, 0.717) is 24.3 Å². The number of nitrogens with zero attached hydrogens (tertiary/aromatic N) is 2. The van der Waals surface area contributed by atoms with Crippen molar-refractivity contribution in [3.63, 3.8) is 0 Å². The summed E-state index contributed by atoms with van der Waals surface area (Å²) in [6.07, 6.45) is 3.03. The molecular weight excluding hydrogens is 370 g/mol. The number of nitrogens with one attached hydrogen (secondary N) is 1. The Balaban J connectivity index is 1.86. The highest BCUT2D eigenvalue weighted by Crippen LogP contribution is 2.25. The minimum atomic E-state index is -0.609. The zero-order chi connectivity index (χ0) is 19.4. The molecule has 2 aromatic carbocycles. The van der Waals surface area contributed by atoms with Crippen LogP contribution >= 0.6 is 11.6 Å². The number of para-hydroxylation sites is 1. The minimum Gasteiger partial charge on any atom is -0.339 e. The van der Waals surface area contributed by atoms with E-state index in [1.165, 1.54) is 12.1 Å². The fourth-order valence-electron chi connectivity index (χ4n) is 3.04. The average Bonchev–Trinajstić information content (AvgIpc) is 2.68. The van der Waals surface area contributed by atoms with Gasteiger partial charge >= 0.3 is 0 Å². The number of amides is 2. The van der Waals surface area contributed by atoms with Crippen LogP contribution in [0, 0.1) is 10.1 Å². The number of rotatable bonds is 4. The predicted octanol–water partition coefficient (Wildman–Crippen LogP) is 4.13. The molecule has 1 aliphatic heterocycles. The zero-order valence-electron chi connectivity index (χ0n) is 14.5. The lowest BCUT2D eigenvalue weighted by Gasteiger charge is -2.27. The molecule has 1 heterocycles. The zero-order valence-corrected chi connectivity index (χ0v) is 15.2. The highest BCUT2D eigenvalue weighted by atomic mass is 35.5. The van der Waals surface area contributed by atoms with Crippen LogP contribution in [0.25, 0.3) is 0 Å². The second-order valence-electron chi connectivity index (χ2n) is 6.27. The molecule has 0 bridgehead atoms. The van der Waals surface area contributed by atoms with E-state index in [1.54, 1.807) is 29.2 Å². The van der Waals surface area contributed by atoms with Gasteiger partial charge in [-0.3, -0.25) is 19.7 Å². The number of carbonyl (C=O) groups is 2. The standard InChI is InChI=1S/C19H18ClN3O4/c20-16-9-8-13(23(26)27)12-15(16)18(24)21-17-7-3-2-6-14(17)19(25)22-10-4-1-5-11-22/h2-3,6-9,12H,1,4-5,10-11H2,(H,21,24). The number of likely N-dealkylation sites (tertiary alicyclic amines) is 1. The highest BCUT2D eigenvalue weighted by Gasteiger charge is 2.22. The van der Waals surface area contributed by atoms with Gasteiger partial charge in [-0.05, 0) is 37.5 Å². The number of nitro benzene ring substituents is 1. The summed E-state index contributed by atoms with van der Waals surface area (Å²) in [5, 5.41) is 13.7. The number of non-ortho nitro benzene ring substituents is 1. The van der Waals surface area contributed by atoms with Gasteiger partial charge in [0, 0.05) is 25.2 Å². The molecule has 0 aliphatic carbocycles. The van der Waals surface area contributed by atoms with Crippen molar-refractivity contribution < 1.29 is 14.5 Å². The van der Waals surface area contributed by atoms with Crippen molar-refractivity contribution >= 4 is 34.8 Å². The van der Waals surface area contributed by atoms with E-state index in [9.17, 15) is 19.7 Å². The van der Waals surface area contributed by atoms with Gasteiger partial charge in [0.15, 0.2) is 0 Å². The molecule has 3 rings (SSSR count). The molecular formula is C19H18ClN3O4. The Hall–Kier alpha value is -2.93. The number of carbonyl (C=O) groups excluding carboxylic acids is 2. The van der Waals surface area contributed by atoms with Crippen molar-refractivity contribution in [3.05, 3.63) is 68.7 Å². The van der Waals surface area contributed by atoms with Crippen molar-refractivity contribution in [1.82, 2.24) is 4.90 Å². The van der Waals surface area contributed by atoms with Gasteiger partial charge in [-0.15, -0.1) is 0 Å². The average molecular weight is 388 g/mol. The molecule has 140 valence electrons. The molecule has 0 aromatic heterocycles. The molecule has 0 saturated carbocycles. The van der Waals surface area contributed by atoms with Gasteiger partial charge in [0.1, 0.15) is 0 Å². The van der Waals surface area contributed by atoms with Crippen LogP contribution in [-0.4, -0.2) is 34.7 Å². The molecule has 2 amide bonds. The fourth-order valence-corrected chi connectivity index (χ4v) is 3.24. The summed E-state index contributed by atoms with van der Waals surface area (Å²) in [4.78, 5) is 37.5. The Labute approximate surface area is 161 Å². The second kappa shape index (κ2) is 8.18. The molecule has 1 aliphatic rings. The molecule has 27 heavy (non-hydrogen) atoms. The maximum absolute atomic E-state index is 12.8. The molecule has 0 atom stereocenters. The predicted molar refractivity (Wildman–Crippen MR) is 102 cm³/mol. The number of anilines is 1. The van der Waals surface area contributed by atoms with E-state index in [2.05, 4.69) is 5.32 Å². The van der Waals surface area contributed by atoms with Crippen molar-refractivity contribution in [1.29, 1.82) is 0 Å². The first-order valence-corrected chi connectivity index (χ1v) is 8.99.